The molecule has 0 N–H and O–H groups in total. The number of carbonyl (C=O) groups is 1. The Morgan fingerprint density at radius 2 is 2.00 bits per heavy atom. The molecule has 0 aliphatic heterocycles. The average molecular weight is 337 g/mol. The molecule has 23 heavy (non-hydrogen) atoms. The SMILES string of the molecule is CCOC(=O)C(C)(CC)Oc1nn(Cc2ccccc2)cc1Cl. The lowest BCUT2D eigenvalue weighted by Crippen LogP contribution is -2.42. The van der Waals surface area contributed by atoms with Gasteiger partial charge in [0, 0.05) is 6.20 Å². The molecule has 0 bridgehead atoms. The Balaban J connectivity index is 2.15. The number of aromatic nitrogens is 2. The molecule has 0 amide bonds. The number of hydrogen-bond acceptors (Lipinski definition) is 4. The molecule has 0 saturated heterocycles. The summed E-state index contributed by atoms with van der Waals surface area (Å²) in [7, 11) is 0. The van der Waals surface area contributed by atoms with Crippen molar-refractivity contribution in [1.82, 2.24) is 9.78 Å². The zero-order valence-corrected chi connectivity index (χ0v) is 14.3. The van der Waals surface area contributed by atoms with Crippen molar-refractivity contribution in [3.63, 3.8) is 0 Å². The van der Waals surface area contributed by atoms with Crippen molar-refractivity contribution in [2.75, 3.05) is 6.61 Å². The Labute approximate surface area is 141 Å². The van der Waals surface area contributed by atoms with Crippen molar-refractivity contribution in [3.05, 3.63) is 47.1 Å². The minimum absolute atomic E-state index is 0.236. The maximum atomic E-state index is 12.1. The van der Waals surface area contributed by atoms with E-state index in [4.69, 9.17) is 21.1 Å². The normalized spacial score (nSPS) is 13.4. The molecule has 0 fully saturated rings. The molecule has 0 spiro atoms. The monoisotopic (exact) mass is 336 g/mol. The van der Waals surface area contributed by atoms with E-state index in [1.165, 1.54) is 0 Å². The van der Waals surface area contributed by atoms with Gasteiger partial charge in [-0.25, -0.2) is 4.79 Å². The van der Waals surface area contributed by atoms with Crippen molar-refractivity contribution in [2.24, 2.45) is 0 Å². The van der Waals surface area contributed by atoms with Gasteiger partial charge in [-0.2, -0.15) is 0 Å². The predicted molar refractivity (Wildman–Crippen MR) is 88.7 cm³/mol. The third-order valence-electron chi connectivity index (χ3n) is 3.58. The van der Waals surface area contributed by atoms with Crippen molar-refractivity contribution < 1.29 is 14.3 Å². The van der Waals surface area contributed by atoms with Gasteiger partial charge in [0.05, 0.1) is 13.2 Å². The summed E-state index contributed by atoms with van der Waals surface area (Å²) < 4.78 is 12.5. The Hall–Kier alpha value is -2.01. The zero-order chi connectivity index (χ0) is 16.9. The van der Waals surface area contributed by atoms with E-state index < -0.39 is 11.6 Å². The molecule has 1 aromatic carbocycles. The smallest absolute Gasteiger partial charge is 0.350 e. The lowest BCUT2D eigenvalue weighted by molar-refractivity contribution is -0.160. The first-order chi connectivity index (χ1) is 11.0. The standard InChI is InChI=1S/C17H21ClN2O3/c1-4-17(3,16(21)22-5-2)23-15-14(18)12-20(19-15)11-13-9-7-6-8-10-13/h6-10,12H,4-5,11H2,1-3H3. The summed E-state index contributed by atoms with van der Waals surface area (Å²) >= 11 is 6.20. The topological polar surface area (TPSA) is 53.4 Å². The third-order valence-corrected chi connectivity index (χ3v) is 3.84. The van der Waals surface area contributed by atoms with Crippen molar-refractivity contribution in [3.8, 4) is 5.88 Å². The molecule has 1 atom stereocenters. The molecule has 2 aromatic rings. The number of halogens is 1. The van der Waals surface area contributed by atoms with Crippen molar-refractivity contribution in [1.29, 1.82) is 0 Å². The van der Waals surface area contributed by atoms with Gasteiger partial charge in [-0.15, -0.1) is 5.10 Å². The van der Waals surface area contributed by atoms with Crippen molar-refractivity contribution in [2.45, 2.75) is 39.3 Å². The van der Waals surface area contributed by atoms with Gasteiger partial charge in [0.15, 0.2) is 0 Å². The number of ether oxygens (including phenoxy) is 2. The summed E-state index contributed by atoms with van der Waals surface area (Å²) in [4.78, 5) is 12.1. The number of rotatable bonds is 7. The van der Waals surface area contributed by atoms with Crippen LogP contribution in [0.15, 0.2) is 36.5 Å². The van der Waals surface area contributed by atoms with Crippen LogP contribution in [0.4, 0.5) is 0 Å². The maximum absolute atomic E-state index is 12.1. The van der Waals surface area contributed by atoms with Gasteiger partial charge in [0.2, 0.25) is 5.60 Å². The third kappa shape index (κ3) is 4.26. The summed E-state index contributed by atoms with van der Waals surface area (Å²) in [6, 6.07) is 9.90. The van der Waals surface area contributed by atoms with E-state index >= 15 is 0 Å². The quantitative estimate of drug-likeness (QED) is 0.723. The second kappa shape index (κ2) is 7.51. The average Bonchev–Trinajstić information content (AvgIpc) is 2.87. The van der Waals surface area contributed by atoms with Crippen LogP contribution in [0.3, 0.4) is 0 Å². The highest BCUT2D eigenvalue weighted by Crippen LogP contribution is 2.28. The molecule has 0 saturated carbocycles. The number of hydrogen-bond donors (Lipinski definition) is 0. The second-order valence-electron chi connectivity index (χ2n) is 5.37. The maximum Gasteiger partial charge on any atom is 0.350 e. The number of benzene rings is 1. The van der Waals surface area contributed by atoms with E-state index in [-0.39, 0.29) is 5.88 Å². The van der Waals surface area contributed by atoms with E-state index in [0.717, 1.165) is 5.56 Å². The van der Waals surface area contributed by atoms with Crippen LogP contribution in [-0.4, -0.2) is 28.0 Å². The highest BCUT2D eigenvalue weighted by atomic mass is 35.5. The van der Waals surface area contributed by atoms with Gasteiger partial charge < -0.3 is 9.47 Å². The fourth-order valence-electron chi connectivity index (χ4n) is 2.06. The van der Waals surface area contributed by atoms with Gasteiger partial charge in [0.25, 0.3) is 5.88 Å². The van der Waals surface area contributed by atoms with Gasteiger partial charge in [-0.1, -0.05) is 48.9 Å². The molecule has 0 aliphatic carbocycles. The number of carbonyl (C=O) groups excluding carboxylic acids is 1. The van der Waals surface area contributed by atoms with E-state index in [2.05, 4.69) is 5.10 Å². The first kappa shape index (κ1) is 17.3. The van der Waals surface area contributed by atoms with Gasteiger partial charge in [0.1, 0.15) is 5.02 Å². The molecule has 124 valence electrons. The fraction of sp³-hybridized carbons (Fsp3) is 0.412. The predicted octanol–water partition coefficient (Wildman–Crippen LogP) is 3.70. The van der Waals surface area contributed by atoms with E-state index in [9.17, 15) is 4.79 Å². The molecule has 2 rings (SSSR count). The van der Waals surface area contributed by atoms with Crippen LogP contribution < -0.4 is 4.74 Å². The Bertz CT molecular complexity index is 657. The Morgan fingerprint density at radius 3 is 2.61 bits per heavy atom. The summed E-state index contributed by atoms with van der Waals surface area (Å²) in [6.07, 6.45) is 2.14. The van der Waals surface area contributed by atoms with Crippen LogP contribution >= 0.6 is 11.6 Å². The fourth-order valence-corrected chi connectivity index (χ4v) is 2.24. The second-order valence-corrected chi connectivity index (χ2v) is 5.78. The lowest BCUT2D eigenvalue weighted by atomic mass is 10.0. The van der Waals surface area contributed by atoms with Gasteiger partial charge in [-0.3, -0.25) is 4.68 Å². The van der Waals surface area contributed by atoms with Crippen molar-refractivity contribution >= 4 is 17.6 Å². The molecule has 6 heteroatoms. The zero-order valence-electron chi connectivity index (χ0n) is 13.6. The molecular formula is C17H21ClN2O3. The molecule has 1 unspecified atom stereocenters. The van der Waals surface area contributed by atoms with E-state index in [0.29, 0.717) is 24.6 Å². The van der Waals surface area contributed by atoms with Crippen LogP contribution in [0.25, 0.3) is 0 Å². The summed E-state index contributed by atoms with van der Waals surface area (Å²) in [6.45, 7) is 6.17. The first-order valence-corrected chi connectivity index (χ1v) is 7.99. The minimum atomic E-state index is -1.11. The molecule has 5 nitrogen and oxygen atoms in total. The van der Waals surface area contributed by atoms with Gasteiger partial charge in [-0.05, 0) is 25.8 Å². The van der Waals surface area contributed by atoms with Crippen LogP contribution in [0, 0.1) is 0 Å². The highest BCUT2D eigenvalue weighted by Gasteiger charge is 2.36. The minimum Gasteiger partial charge on any atom is -0.463 e. The number of esters is 1. The molecule has 1 aromatic heterocycles. The largest absolute Gasteiger partial charge is 0.463 e. The van der Waals surface area contributed by atoms with Crippen LogP contribution in [0.1, 0.15) is 32.8 Å². The number of nitrogens with zero attached hydrogens (tertiary/aromatic N) is 2. The summed E-state index contributed by atoms with van der Waals surface area (Å²) in [5.41, 5.74) is -0.00663. The van der Waals surface area contributed by atoms with Crippen LogP contribution in [0.5, 0.6) is 5.88 Å². The van der Waals surface area contributed by atoms with E-state index in [1.807, 2.05) is 37.3 Å². The van der Waals surface area contributed by atoms with Crippen LogP contribution in [-0.2, 0) is 16.1 Å². The first-order valence-electron chi connectivity index (χ1n) is 7.61. The van der Waals surface area contributed by atoms with E-state index in [1.54, 1.807) is 24.7 Å². The van der Waals surface area contributed by atoms with Gasteiger partial charge >= 0.3 is 5.97 Å². The Kier molecular flexibility index (Phi) is 5.66. The summed E-state index contributed by atoms with van der Waals surface area (Å²) in [5.74, 6) is -0.184. The molecular weight excluding hydrogens is 316 g/mol. The molecule has 0 aliphatic rings. The summed E-state index contributed by atoms with van der Waals surface area (Å²) in [5, 5.41) is 4.70. The Morgan fingerprint density at radius 1 is 1.30 bits per heavy atom. The lowest BCUT2D eigenvalue weighted by Gasteiger charge is -2.25. The highest BCUT2D eigenvalue weighted by molar-refractivity contribution is 6.31. The molecule has 1 heterocycles. The molecule has 0 radical (unpaired) electrons. The van der Waals surface area contributed by atoms with Crippen LogP contribution in [0.2, 0.25) is 5.02 Å².